The second-order valence-corrected chi connectivity index (χ2v) is 10.8. The molecule has 0 fully saturated rings. The van der Waals surface area contributed by atoms with Gasteiger partial charge in [0.2, 0.25) is 0 Å². The van der Waals surface area contributed by atoms with Crippen LogP contribution in [0.5, 0.6) is 0 Å². The fraction of sp³-hybridized carbons (Fsp3) is 0.458. The first-order valence-corrected chi connectivity index (χ1v) is 13.1. The summed E-state index contributed by atoms with van der Waals surface area (Å²) < 4.78 is 40.9. The zero-order valence-corrected chi connectivity index (χ0v) is 22.0. The molecule has 2 rings (SSSR count). The molecule has 13 heteroatoms. The number of guanidine groups is 1. The number of aliphatic hydroxyl groups excluding tert-OH is 1. The highest BCUT2D eigenvalue weighted by Gasteiger charge is 2.36. The van der Waals surface area contributed by atoms with Crippen molar-refractivity contribution in [2.75, 3.05) is 57.7 Å². The summed E-state index contributed by atoms with van der Waals surface area (Å²) in [5.41, 5.74) is 9.74. The number of benzene rings is 2. The number of anilines is 1. The topological polar surface area (TPSA) is 184 Å². The van der Waals surface area contributed by atoms with Crippen LogP contribution in [0.1, 0.15) is 13.3 Å². The molecule has 0 saturated carbocycles. The van der Waals surface area contributed by atoms with Crippen LogP contribution in [-0.4, -0.2) is 84.4 Å². The third kappa shape index (κ3) is 8.22. The molecule has 1 unspecified atom stereocenters. The highest BCUT2D eigenvalue weighted by atomic mass is 32.2. The van der Waals surface area contributed by atoms with Crippen molar-refractivity contribution in [3.8, 4) is 0 Å². The molecule has 0 aliphatic rings. The van der Waals surface area contributed by atoms with Crippen LogP contribution in [0.25, 0.3) is 10.8 Å². The second-order valence-electron chi connectivity index (χ2n) is 8.74. The zero-order chi connectivity index (χ0) is 27.6. The van der Waals surface area contributed by atoms with Crippen LogP contribution >= 0.6 is 0 Å². The van der Waals surface area contributed by atoms with E-state index in [1.807, 2.05) is 31.1 Å². The van der Waals surface area contributed by atoms with Gasteiger partial charge in [-0.15, -0.1) is 0 Å². The van der Waals surface area contributed by atoms with E-state index in [-0.39, 0.29) is 42.8 Å². The maximum absolute atomic E-state index is 13.0. The Balaban J connectivity index is 1.88. The smallest absolute Gasteiger partial charge is 0.463 e. The lowest BCUT2D eigenvalue weighted by molar-refractivity contribution is -0.160. The molecular formula is C24H34N4O8S. The Labute approximate surface area is 216 Å². The molecule has 0 radical (unpaired) electrons. The molecule has 0 saturated heterocycles. The monoisotopic (exact) mass is 538 g/mol. The largest absolute Gasteiger partial charge is 0.508 e. The number of nitrogens with zero attached hydrogens (tertiary/aromatic N) is 2. The minimum Gasteiger partial charge on any atom is -0.463 e. The lowest BCUT2D eigenvalue weighted by atomic mass is 9.93. The first-order chi connectivity index (χ1) is 17.4. The molecule has 2 aromatic carbocycles. The fourth-order valence-corrected chi connectivity index (χ4v) is 4.87. The molecule has 204 valence electrons. The van der Waals surface area contributed by atoms with Crippen molar-refractivity contribution >= 4 is 44.4 Å². The van der Waals surface area contributed by atoms with Crippen LogP contribution in [0, 0.1) is 5.41 Å². The Bertz CT molecular complexity index is 1230. The maximum atomic E-state index is 13.0. The van der Waals surface area contributed by atoms with E-state index in [4.69, 9.17) is 25.7 Å². The van der Waals surface area contributed by atoms with Crippen LogP contribution in [0.15, 0.2) is 46.3 Å². The van der Waals surface area contributed by atoms with Crippen LogP contribution in [0.4, 0.5) is 10.5 Å². The van der Waals surface area contributed by atoms with Gasteiger partial charge in [-0.05, 0) is 25.5 Å². The van der Waals surface area contributed by atoms with Gasteiger partial charge >= 0.3 is 12.1 Å². The third-order valence-corrected chi connectivity index (χ3v) is 7.27. The van der Waals surface area contributed by atoms with Gasteiger partial charge in [-0.3, -0.25) is 9.79 Å². The highest BCUT2D eigenvalue weighted by Crippen LogP contribution is 2.30. The Kier molecular flexibility index (Phi) is 10.5. The van der Waals surface area contributed by atoms with Crippen LogP contribution < -0.4 is 16.4 Å². The second kappa shape index (κ2) is 13.1. The lowest BCUT2D eigenvalue weighted by Crippen LogP contribution is -2.39. The van der Waals surface area contributed by atoms with E-state index in [0.717, 1.165) is 11.1 Å². The molecule has 2 aromatic rings. The van der Waals surface area contributed by atoms with Gasteiger partial charge in [-0.1, -0.05) is 24.3 Å². The quantitative estimate of drug-likeness (QED) is 0.143. The average Bonchev–Trinajstić information content (AvgIpc) is 2.86. The summed E-state index contributed by atoms with van der Waals surface area (Å²) in [6, 6.07) is 10.6. The molecule has 5 N–H and O–H groups in total. The number of rotatable bonds is 13. The summed E-state index contributed by atoms with van der Waals surface area (Å²) >= 11 is 0. The molecule has 0 heterocycles. The number of fused-ring (bicyclic) bond motifs is 1. The van der Waals surface area contributed by atoms with Crippen molar-refractivity contribution in [2.24, 2.45) is 21.9 Å². The first-order valence-electron chi connectivity index (χ1n) is 11.5. The minimum absolute atomic E-state index is 0.0330. The number of nitrogens with two attached hydrogens (primary N) is 2. The number of aliphatic hydroxyl groups is 1. The van der Waals surface area contributed by atoms with Gasteiger partial charge in [0, 0.05) is 30.6 Å². The fourth-order valence-electron chi connectivity index (χ4n) is 3.36. The van der Waals surface area contributed by atoms with E-state index in [2.05, 4.69) is 4.99 Å². The Morgan fingerprint density at radius 3 is 2.35 bits per heavy atom. The van der Waals surface area contributed by atoms with Crippen LogP contribution in [-0.2, 0) is 28.8 Å². The number of aliphatic imine (C=N–C) groups is 1. The van der Waals surface area contributed by atoms with Gasteiger partial charge in [0.25, 0.3) is 0 Å². The molecule has 0 bridgehead atoms. The molecule has 0 aliphatic carbocycles. The van der Waals surface area contributed by atoms with E-state index in [9.17, 15) is 23.1 Å². The first kappa shape index (κ1) is 29.6. The summed E-state index contributed by atoms with van der Waals surface area (Å²) in [4.78, 5) is 29.9. The molecule has 12 nitrogen and oxygen atoms in total. The van der Waals surface area contributed by atoms with Crippen molar-refractivity contribution < 1.29 is 37.3 Å². The van der Waals surface area contributed by atoms with Gasteiger partial charge < -0.3 is 35.7 Å². The molecular weight excluding hydrogens is 504 g/mol. The summed E-state index contributed by atoms with van der Waals surface area (Å²) in [6.07, 6.45) is -1.07. The Hall–Kier alpha value is -3.58. The minimum atomic E-state index is -3.66. The van der Waals surface area contributed by atoms with E-state index in [1.54, 1.807) is 24.3 Å². The van der Waals surface area contributed by atoms with Crippen LogP contribution in [0.2, 0.25) is 0 Å². The molecule has 0 amide bonds. The van der Waals surface area contributed by atoms with Crippen molar-refractivity contribution in [3.05, 3.63) is 36.4 Å². The van der Waals surface area contributed by atoms with E-state index < -0.39 is 40.6 Å². The number of carbonyl (C=O) groups excluding carboxylic acids is 2. The molecule has 37 heavy (non-hydrogen) atoms. The van der Waals surface area contributed by atoms with E-state index >= 15 is 0 Å². The molecule has 0 aliphatic heterocycles. The van der Waals surface area contributed by atoms with E-state index in [0.29, 0.717) is 5.39 Å². The number of esters is 1. The SMILES string of the molecule is CN(C)c1cccc2c(S(=O)(=O)CCCOC(=O)OCC(C)(CO)C(=O)OCCN=C(N)N)cccc12. The predicted molar refractivity (Wildman–Crippen MR) is 139 cm³/mol. The van der Waals surface area contributed by atoms with Crippen molar-refractivity contribution in [1.82, 2.24) is 0 Å². The van der Waals surface area contributed by atoms with Gasteiger partial charge in [-0.2, -0.15) is 0 Å². The summed E-state index contributed by atoms with van der Waals surface area (Å²) in [5, 5.41) is 11.0. The zero-order valence-electron chi connectivity index (χ0n) is 21.2. The molecule has 0 spiro atoms. The standard InChI is InChI=1S/C24H34N4O8S/c1-24(15-29,21(30)34-13-11-27-22(25)26)16-36-23(31)35-12-6-14-37(32,33)20-10-5-7-17-18(20)8-4-9-19(17)28(2)3/h4-5,7-10,29H,6,11-16H2,1-3H3,(H4,25,26,27). The van der Waals surface area contributed by atoms with Gasteiger partial charge in [0.15, 0.2) is 15.8 Å². The number of hydrogen-bond acceptors (Lipinski definition) is 10. The number of hydrogen-bond donors (Lipinski definition) is 3. The predicted octanol–water partition coefficient (Wildman–Crippen LogP) is 1.04. The number of ether oxygens (including phenoxy) is 3. The molecule has 1 atom stereocenters. The van der Waals surface area contributed by atoms with Crippen LogP contribution in [0.3, 0.4) is 0 Å². The number of carbonyl (C=O) groups is 2. The number of sulfone groups is 1. The Morgan fingerprint density at radius 1 is 1.03 bits per heavy atom. The van der Waals surface area contributed by atoms with Gasteiger partial charge in [0.05, 0.1) is 30.4 Å². The van der Waals surface area contributed by atoms with Gasteiger partial charge in [0.1, 0.15) is 18.6 Å². The highest BCUT2D eigenvalue weighted by molar-refractivity contribution is 7.91. The van der Waals surface area contributed by atoms with Crippen molar-refractivity contribution in [3.63, 3.8) is 0 Å². The summed E-state index contributed by atoms with van der Waals surface area (Å²) in [5.74, 6) is -1.22. The molecule has 0 aromatic heterocycles. The summed E-state index contributed by atoms with van der Waals surface area (Å²) in [7, 11) is 0.101. The summed E-state index contributed by atoms with van der Waals surface area (Å²) in [6.45, 7) is -0.117. The lowest BCUT2D eigenvalue weighted by Gasteiger charge is -2.24. The average molecular weight is 539 g/mol. The Morgan fingerprint density at radius 2 is 1.70 bits per heavy atom. The third-order valence-electron chi connectivity index (χ3n) is 5.42. The van der Waals surface area contributed by atoms with Crippen molar-refractivity contribution in [2.45, 2.75) is 18.2 Å². The van der Waals surface area contributed by atoms with Crippen molar-refractivity contribution in [1.29, 1.82) is 0 Å². The van der Waals surface area contributed by atoms with E-state index in [1.165, 1.54) is 6.92 Å². The maximum Gasteiger partial charge on any atom is 0.508 e. The normalized spacial score (nSPS) is 12.9. The van der Waals surface area contributed by atoms with Gasteiger partial charge in [-0.25, -0.2) is 13.2 Å².